The first-order chi connectivity index (χ1) is 8.55. The van der Waals surface area contributed by atoms with Crippen LogP contribution in [0.1, 0.15) is 4.88 Å². The molecule has 0 N–H and O–H groups in total. The van der Waals surface area contributed by atoms with Crippen molar-refractivity contribution in [2.45, 2.75) is 6.54 Å². The minimum absolute atomic E-state index is 0.173. The number of nitrogens with zero attached hydrogens (tertiary/aromatic N) is 1. The van der Waals surface area contributed by atoms with Crippen molar-refractivity contribution in [3.8, 4) is 0 Å². The molecule has 1 aromatic heterocycles. The molecule has 0 bridgehead atoms. The first-order valence-corrected chi connectivity index (χ1v) is 7.26. The number of carbonyl (C=O) groups is 1. The second-order valence-corrected chi connectivity index (χ2v) is 7.19. The molecule has 18 heavy (non-hydrogen) atoms. The molecule has 1 saturated heterocycles. The number of ether oxygens (including phenoxy) is 2. The maximum absolute atomic E-state index is 11.8. The summed E-state index contributed by atoms with van der Waals surface area (Å²) in [5.74, 6) is -0.173. The Morgan fingerprint density at radius 2 is 2.33 bits per heavy atom. The van der Waals surface area contributed by atoms with Crippen molar-refractivity contribution in [3.63, 3.8) is 0 Å². The van der Waals surface area contributed by atoms with Gasteiger partial charge in [-0.15, -0.1) is 11.3 Å². The number of thiophene rings is 1. The summed E-state index contributed by atoms with van der Waals surface area (Å²) >= 11 is 5.16. The zero-order chi connectivity index (χ0) is 13.2. The maximum atomic E-state index is 11.8. The van der Waals surface area contributed by atoms with Crippen molar-refractivity contribution in [2.75, 3.05) is 33.9 Å². The third-order valence-electron chi connectivity index (χ3n) is 3.00. The lowest BCUT2D eigenvalue weighted by molar-refractivity contribution is -0.186. The summed E-state index contributed by atoms with van der Waals surface area (Å²) in [5.41, 5.74) is -0.474. The average Bonchev–Trinajstić information content (AvgIpc) is 2.68. The van der Waals surface area contributed by atoms with Crippen LogP contribution in [0, 0.1) is 5.41 Å². The minimum atomic E-state index is -0.474. The van der Waals surface area contributed by atoms with Gasteiger partial charge in [-0.05, 0) is 35.1 Å². The number of carbonyl (C=O) groups excluding carboxylic acids is 1. The van der Waals surface area contributed by atoms with Crippen LogP contribution in [0.3, 0.4) is 0 Å². The molecule has 1 aliphatic heterocycles. The van der Waals surface area contributed by atoms with Gasteiger partial charge >= 0.3 is 5.97 Å². The van der Waals surface area contributed by atoms with E-state index in [1.54, 1.807) is 11.3 Å². The van der Waals surface area contributed by atoms with Crippen LogP contribution in [0.5, 0.6) is 0 Å². The Morgan fingerprint density at radius 1 is 1.61 bits per heavy atom. The molecule has 1 fully saturated rings. The van der Waals surface area contributed by atoms with Crippen LogP contribution < -0.4 is 0 Å². The number of rotatable bonds is 5. The van der Waals surface area contributed by atoms with Crippen LogP contribution in [-0.2, 0) is 20.8 Å². The first kappa shape index (κ1) is 14.0. The van der Waals surface area contributed by atoms with Crippen LogP contribution in [0.4, 0.5) is 0 Å². The van der Waals surface area contributed by atoms with E-state index >= 15 is 0 Å². The summed E-state index contributed by atoms with van der Waals surface area (Å²) in [6.45, 7) is 2.40. The molecule has 1 aromatic rings. The Labute approximate surface area is 119 Å². The van der Waals surface area contributed by atoms with Crippen molar-refractivity contribution in [1.82, 2.24) is 4.90 Å². The summed E-state index contributed by atoms with van der Waals surface area (Å²) in [5, 5.41) is 0. The van der Waals surface area contributed by atoms with Gasteiger partial charge in [-0.1, -0.05) is 0 Å². The highest BCUT2D eigenvalue weighted by Crippen LogP contribution is 2.31. The SMILES string of the molecule is COC(=O)C1(CN(C)Cc2ccc(Br)s2)COC1. The molecule has 0 spiro atoms. The Hall–Kier alpha value is -0.430. The van der Waals surface area contributed by atoms with E-state index in [0.29, 0.717) is 19.8 Å². The minimum Gasteiger partial charge on any atom is -0.468 e. The van der Waals surface area contributed by atoms with Gasteiger partial charge in [0.15, 0.2) is 0 Å². The second-order valence-electron chi connectivity index (χ2n) is 4.64. The third-order valence-corrected chi connectivity index (χ3v) is 4.61. The Morgan fingerprint density at radius 3 is 2.78 bits per heavy atom. The molecule has 0 aliphatic carbocycles. The van der Waals surface area contributed by atoms with E-state index in [0.717, 1.165) is 10.3 Å². The molecule has 4 nitrogen and oxygen atoms in total. The molecule has 0 unspecified atom stereocenters. The lowest BCUT2D eigenvalue weighted by Gasteiger charge is -2.40. The van der Waals surface area contributed by atoms with Crippen molar-refractivity contribution < 1.29 is 14.3 Å². The quantitative estimate of drug-likeness (QED) is 0.774. The largest absolute Gasteiger partial charge is 0.468 e. The standard InChI is InChI=1S/C12H16BrNO3S/c1-14(5-9-3-4-10(13)18-9)6-12(7-17-8-12)11(15)16-2/h3-4H,5-8H2,1-2H3. The second kappa shape index (κ2) is 5.69. The monoisotopic (exact) mass is 333 g/mol. The van der Waals surface area contributed by atoms with E-state index in [-0.39, 0.29) is 5.97 Å². The van der Waals surface area contributed by atoms with E-state index in [9.17, 15) is 4.79 Å². The van der Waals surface area contributed by atoms with Gasteiger partial charge < -0.3 is 9.47 Å². The molecule has 0 saturated carbocycles. The number of esters is 1. The topological polar surface area (TPSA) is 38.8 Å². The zero-order valence-corrected chi connectivity index (χ0v) is 12.8. The normalized spacial score (nSPS) is 17.6. The fourth-order valence-corrected chi connectivity index (χ4v) is 3.68. The summed E-state index contributed by atoms with van der Waals surface area (Å²) < 4.78 is 11.2. The fourth-order valence-electron chi connectivity index (χ4n) is 2.11. The summed E-state index contributed by atoms with van der Waals surface area (Å²) in [6, 6.07) is 4.13. The Balaban J connectivity index is 1.94. The number of methoxy groups -OCH3 is 1. The van der Waals surface area contributed by atoms with Crippen molar-refractivity contribution in [3.05, 3.63) is 20.8 Å². The molecule has 6 heteroatoms. The number of hydrogen-bond donors (Lipinski definition) is 0. The predicted octanol–water partition coefficient (Wildman–Crippen LogP) is 2.13. The molecular formula is C12H16BrNO3S. The van der Waals surface area contributed by atoms with E-state index in [4.69, 9.17) is 9.47 Å². The van der Waals surface area contributed by atoms with Crippen molar-refractivity contribution >= 4 is 33.2 Å². The molecule has 2 rings (SSSR count). The van der Waals surface area contributed by atoms with Crippen molar-refractivity contribution in [2.24, 2.45) is 5.41 Å². The maximum Gasteiger partial charge on any atom is 0.317 e. The van der Waals surface area contributed by atoms with E-state index in [1.807, 2.05) is 13.1 Å². The molecule has 2 heterocycles. The summed E-state index contributed by atoms with van der Waals surface area (Å²) in [7, 11) is 3.44. The number of halogens is 1. The van der Waals surface area contributed by atoms with E-state index in [2.05, 4.69) is 26.9 Å². The van der Waals surface area contributed by atoms with Crippen molar-refractivity contribution in [1.29, 1.82) is 0 Å². The van der Waals surface area contributed by atoms with E-state index < -0.39 is 5.41 Å². The Kier molecular flexibility index (Phi) is 4.42. The van der Waals surface area contributed by atoms with E-state index in [1.165, 1.54) is 12.0 Å². The molecule has 0 radical (unpaired) electrons. The van der Waals surface area contributed by atoms with Crippen LogP contribution >= 0.6 is 27.3 Å². The van der Waals surface area contributed by atoms with Crippen LogP contribution in [0.15, 0.2) is 15.9 Å². The highest BCUT2D eigenvalue weighted by atomic mass is 79.9. The van der Waals surface area contributed by atoms with Gasteiger partial charge in [0.1, 0.15) is 5.41 Å². The van der Waals surface area contributed by atoms with Crippen LogP contribution in [0.25, 0.3) is 0 Å². The lowest BCUT2D eigenvalue weighted by atomic mass is 9.85. The molecular weight excluding hydrogens is 318 g/mol. The highest BCUT2D eigenvalue weighted by molar-refractivity contribution is 9.11. The van der Waals surface area contributed by atoms with Gasteiger partial charge in [-0.2, -0.15) is 0 Å². The molecule has 0 aromatic carbocycles. The average molecular weight is 334 g/mol. The molecule has 0 amide bonds. The zero-order valence-electron chi connectivity index (χ0n) is 10.4. The molecule has 0 atom stereocenters. The van der Waals surface area contributed by atoms with Gasteiger partial charge in [-0.25, -0.2) is 0 Å². The smallest absolute Gasteiger partial charge is 0.317 e. The van der Waals surface area contributed by atoms with Crippen LogP contribution in [-0.4, -0.2) is 44.8 Å². The van der Waals surface area contributed by atoms with Gasteiger partial charge in [0.2, 0.25) is 0 Å². The van der Waals surface area contributed by atoms with Gasteiger partial charge in [-0.3, -0.25) is 9.69 Å². The molecule has 1 aliphatic rings. The summed E-state index contributed by atoms with van der Waals surface area (Å²) in [4.78, 5) is 15.2. The lowest BCUT2D eigenvalue weighted by Crippen LogP contribution is -2.55. The highest BCUT2D eigenvalue weighted by Gasteiger charge is 2.47. The fraction of sp³-hybridized carbons (Fsp3) is 0.583. The van der Waals surface area contributed by atoms with Crippen LogP contribution in [0.2, 0.25) is 0 Å². The molecule has 100 valence electrons. The first-order valence-electron chi connectivity index (χ1n) is 5.65. The third kappa shape index (κ3) is 2.93. The predicted molar refractivity (Wildman–Crippen MR) is 73.6 cm³/mol. The summed E-state index contributed by atoms with van der Waals surface area (Å²) in [6.07, 6.45) is 0. The number of hydrogen-bond acceptors (Lipinski definition) is 5. The van der Waals surface area contributed by atoms with Gasteiger partial charge in [0, 0.05) is 18.0 Å². The Bertz CT molecular complexity index is 431. The van der Waals surface area contributed by atoms with Gasteiger partial charge in [0.05, 0.1) is 24.1 Å². The van der Waals surface area contributed by atoms with Gasteiger partial charge in [0.25, 0.3) is 0 Å².